The molecule has 1 saturated heterocycles. The number of nitrogens with one attached hydrogen (secondary N) is 3. The Morgan fingerprint density at radius 2 is 1.94 bits per heavy atom. The molecule has 31 heavy (non-hydrogen) atoms. The van der Waals surface area contributed by atoms with Gasteiger partial charge < -0.3 is 30.0 Å². The van der Waals surface area contributed by atoms with Crippen molar-refractivity contribution in [2.45, 2.75) is 32.7 Å². The summed E-state index contributed by atoms with van der Waals surface area (Å²) in [5.41, 5.74) is 0.554. The second-order valence-electron chi connectivity index (χ2n) is 7.10. The molecule has 2 heterocycles. The molecule has 0 bridgehead atoms. The lowest BCUT2D eigenvalue weighted by molar-refractivity contribution is 0.0958. The van der Waals surface area contributed by atoms with Gasteiger partial charge in [0.25, 0.3) is 5.91 Å². The number of hydrogen-bond acceptors (Lipinski definition) is 5. The van der Waals surface area contributed by atoms with E-state index < -0.39 is 17.8 Å². The maximum Gasteiger partial charge on any atom is 0.409 e. The molecule has 9 nitrogen and oxygen atoms in total. The van der Waals surface area contributed by atoms with Crippen molar-refractivity contribution in [2.24, 2.45) is 0 Å². The molecule has 1 aliphatic rings. The van der Waals surface area contributed by atoms with Crippen LogP contribution in [0.3, 0.4) is 0 Å². The predicted octanol–water partition coefficient (Wildman–Crippen LogP) is 3.72. The first-order chi connectivity index (χ1) is 14.9. The number of furan rings is 1. The fourth-order valence-corrected chi connectivity index (χ4v) is 3.28. The summed E-state index contributed by atoms with van der Waals surface area (Å²) in [4.78, 5) is 38.0. The van der Waals surface area contributed by atoms with Gasteiger partial charge in [0.15, 0.2) is 0 Å². The van der Waals surface area contributed by atoms with Crippen LogP contribution in [-0.2, 0) is 4.74 Å². The largest absolute Gasteiger partial charge is 0.469 e. The molecule has 1 aromatic heterocycles. The van der Waals surface area contributed by atoms with Crippen LogP contribution in [0.5, 0.6) is 0 Å². The molecular formula is C21H25FN4O5. The number of nitrogens with zero attached hydrogens (tertiary/aromatic N) is 1. The molecule has 0 radical (unpaired) electrons. The van der Waals surface area contributed by atoms with Gasteiger partial charge in [-0.25, -0.2) is 14.0 Å². The van der Waals surface area contributed by atoms with Crippen molar-refractivity contribution in [1.82, 2.24) is 10.2 Å². The maximum absolute atomic E-state index is 14.1. The third-order valence-corrected chi connectivity index (χ3v) is 4.93. The van der Waals surface area contributed by atoms with Gasteiger partial charge in [0, 0.05) is 24.8 Å². The van der Waals surface area contributed by atoms with E-state index in [0.717, 1.165) is 6.07 Å². The molecule has 0 spiro atoms. The van der Waals surface area contributed by atoms with Gasteiger partial charge >= 0.3 is 12.1 Å². The third kappa shape index (κ3) is 5.74. The molecule has 1 aromatic carbocycles. The Labute approximate surface area is 178 Å². The Kier molecular flexibility index (Phi) is 7.11. The number of anilines is 2. The van der Waals surface area contributed by atoms with Gasteiger partial charge in [0.1, 0.15) is 11.6 Å². The van der Waals surface area contributed by atoms with Crippen LogP contribution in [0.15, 0.2) is 34.9 Å². The Morgan fingerprint density at radius 3 is 2.58 bits per heavy atom. The fourth-order valence-electron chi connectivity index (χ4n) is 3.28. The number of carbonyl (C=O) groups is 3. The highest BCUT2D eigenvalue weighted by Gasteiger charge is 2.24. The fraction of sp³-hybridized carbons (Fsp3) is 0.381. The SMILES string of the molecule is CCOC(=O)N1CCC(NC(=O)Nc2ccc(F)c(NC(=O)c3ccoc3C)c2)CC1. The van der Waals surface area contributed by atoms with Crippen LogP contribution in [0, 0.1) is 12.7 Å². The zero-order valence-corrected chi connectivity index (χ0v) is 17.4. The highest BCUT2D eigenvalue weighted by atomic mass is 19.1. The first-order valence-electron chi connectivity index (χ1n) is 10.0. The van der Waals surface area contributed by atoms with Crippen molar-refractivity contribution < 1.29 is 27.9 Å². The summed E-state index contributed by atoms with van der Waals surface area (Å²) in [5, 5.41) is 7.96. The number of urea groups is 1. The minimum atomic E-state index is -0.633. The smallest absolute Gasteiger partial charge is 0.409 e. The second kappa shape index (κ2) is 9.96. The van der Waals surface area contributed by atoms with Gasteiger partial charge in [0.2, 0.25) is 0 Å². The topological polar surface area (TPSA) is 113 Å². The normalized spacial score (nSPS) is 14.1. The predicted molar refractivity (Wildman–Crippen MR) is 112 cm³/mol. The molecule has 0 aliphatic carbocycles. The van der Waals surface area contributed by atoms with Gasteiger partial charge in [0.05, 0.1) is 24.1 Å². The molecule has 2 aromatic rings. The monoisotopic (exact) mass is 432 g/mol. The van der Waals surface area contributed by atoms with E-state index in [1.54, 1.807) is 18.7 Å². The number of benzene rings is 1. The first kappa shape index (κ1) is 22.1. The number of amides is 4. The summed E-state index contributed by atoms with van der Waals surface area (Å²) in [7, 11) is 0. The van der Waals surface area contributed by atoms with Crippen LogP contribution in [-0.4, -0.2) is 48.7 Å². The zero-order valence-electron chi connectivity index (χ0n) is 17.4. The Bertz CT molecular complexity index is 953. The van der Waals surface area contributed by atoms with Crippen LogP contribution in [0.2, 0.25) is 0 Å². The summed E-state index contributed by atoms with van der Waals surface area (Å²) in [5.74, 6) is -0.729. The van der Waals surface area contributed by atoms with E-state index in [1.165, 1.54) is 24.5 Å². The number of piperidine rings is 1. The first-order valence-corrected chi connectivity index (χ1v) is 10.0. The summed E-state index contributed by atoms with van der Waals surface area (Å²) >= 11 is 0. The average Bonchev–Trinajstić information content (AvgIpc) is 3.17. The lowest BCUT2D eigenvalue weighted by Crippen LogP contribution is -2.47. The highest BCUT2D eigenvalue weighted by molar-refractivity contribution is 6.05. The van der Waals surface area contributed by atoms with Crippen LogP contribution >= 0.6 is 0 Å². The molecule has 3 N–H and O–H groups in total. The van der Waals surface area contributed by atoms with E-state index in [9.17, 15) is 18.8 Å². The third-order valence-electron chi connectivity index (χ3n) is 4.93. The molecule has 0 atom stereocenters. The van der Waals surface area contributed by atoms with Crippen LogP contribution in [0.4, 0.5) is 25.4 Å². The van der Waals surface area contributed by atoms with Crippen LogP contribution < -0.4 is 16.0 Å². The van der Waals surface area contributed by atoms with E-state index in [0.29, 0.717) is 49.5 Å². The standard InChI is InChI=1S/C21H25FN4O5/c1-3-30-21(29)26-9-6-14(7-10-26)23-20(28)24-15-4-5-17(22)18(12-15)25-19(27)16-8-11-31-13(16)2/h4-5,8,11-12,14H,3,6-7,9-10H2,1-2H3,(H,25,27)(H2,23,24,28). The molecular weight excluding hydrogens is 407 g/mol. The van der Waals surface area contributed by atoms with Crippen LogP contribution in [0.25, 0.3) is 0 Å². The lowest BCUT2D eigenvalue weighted by Gasteiger charge is -2.31. The van der Waals surface area contributed by atoms with Gasteiger partial charge in [-0.05, 0) is 51.0 Å². The zero-order chi connectivity index (χ0) is 22.4. The quantitative estimate of drug-likeness (QED) is 0.667. The summed E-state index contributed by atoms with van der Waals surface area (Å²) in [6.45, 7) is 4.68. The molecule has 1 fully saturated rings. The number of rotatable bonds is 5. The number of carbonyl (C=O) groups excluding carboxylic acids is 3. The molecule has 0 unspecified atom stereocenters. The summed E-state index contributed by atoms with van der Waals surface area (Å²) in [6, 6.07) is 4.83. The Morgan fingerprint density at radius 1 is 1.19 bits per heavy atom. The second-order valence-corrected chi connectivity index (χ2v) is 7.10. The maximum atomic E-state index is 14.1. The van der Waals surface area contributed by atoms with Gasteiger partial charge in [-0.3, -0.25) is 4.79 Å². The van der Waals surface area contributed by atoms with E-state index in [2.05, 4.69) is 16.0 Å². The molecule has 10 heteroatoms. The number of ether oxygens (including phenoxy) is 1. The Hall–Kier alpha value is -3.56. The number of hydrogen-bond donors (Lipinski definition) is 3. The van der Waals surface area contributed by atoms with Gasteiger partial charge in [-0.1, -0.05) is 0 Å². The van der Waals surface area contributed by atoms with Gasteiger partial charge in [-0.15, -0.1) is 0 Å². The van der Waals surface area contributed by atoms with Gasteiger partial charge in [-0.2, -0.15) is 0 Å². The van der Waals surface area contributed by atoms with E-state index in [-0.39, 0.29) is 17.8 Å². The highest BCUT2D eigenvalue weighted by Crippen LogP contribution is 2.21. The molecule has 166 valence electrons. The number of likely N-dealkylation sites (tertiary alicyclic amines) is 1. The average molecular weight is 432 g/mol. The van der Waals surface area contributed by atoms with Crippen molar-refractivity contribution in [3.8, 4) is 0 Å². The van der Waals surface area contributed by atoms with E-state index in [4.69, 9.17) is 9.15 Å². The van der Waals surface area contributed by atoms with Crippen molar-refractivity contribution in [2.75, 3.05) is 30.3 Å². The molecule has 3 rings (SSSR count). The van der Waals surface area contributed by atoms with Crippen molar-refractivity contribution in [1.29, 1.82) is 0 Å². The number of halogens is 1. The lowest BCUT2D eigenvalue weighted by atomic mass is 10.1. The molecule has 0 saturated carbocycles. The summed E-state index contributed by atoms with van der Waals surface area (Å²) in [6.07, 6.45) is 2.22. The van der Waals surface area contributed by atoms with E-state index in [1.807, 2.05) is 0 Å². The minimum Gasteiger partial charge on any atom is -0.469 e. The van der Waals surface area contributed by atoms with Crippen LogP contribution in [0.1, 0.15) is 35.9 Å². The molecule has 4 amide bonds. The minimum absolute atomic E-state index is 0.0638. The van der Waals surface area contributed by atoms with Crippen molar-refractivity contribution in [3.63, 3.8) is 0 Å². The van der Waals surface area contributed by atoms with Crippen molar-refractivity contribution in [3.05, 3.63) is 47.7 Å². The molecule has 1 aliphatic heterocycles. The Balaban J connectivity index is 1.54. The number of aryl methyl sites for hydroxylation is 1. The van der Waals surface area contributed by atoms with E-state index >= 15 is 0 Å². The van der Waals surface area contributed by atoms with Crippen molar-refractivity contribution >= 4 is 29.4 Å². The summed E-state index contributed by atoms with van der Waals surface area (Å²) < 4.78 is 24.2.